The molecule has 1 aliphatic carbocycles. The van der Waals surface area contributed by atoms with E-state index in [0.29, 0.717) is 0 Å². The minimum Gasteiger partial charge on any atom is -0.325 e. The molecule has 20 heavy (non-hydrogen) atoms. The molecule has 0 radical (unpaired) electrons. The molecule has 3 rings (SSSR count). The molecule has 1 aromatic carbocycles. The molecular formula is C16H20FNOS. The first-order valence-corrected chi connectivity index (χ1v) is 8.48. The van der Waals surface area contributed by atoms with Crippen LogP contribution in [0.5, 0.6) is 0 Å². The minimum atomic E-state index is -0.222. The summed E-state index contributed by atoms with van der Waals surface area (Å²) >= 11 is 1.74. The molecule has 1 amide bonds. The van der Waals surface area contributed by atoms with E-state index in [4.69, 9.17) is 0 Å². The fraction of sp³-hybridized carbons (Fsp3) is 0.562. The maximum absolute atomic E-state index is 13.4. The van der Waals surface area contributed by atoms with Crippen molar-refractivity contribution in [3.05, 3.63) is 35.6 Å². The highest BCUT2D eigenvalue weighted by Gasteiger charge is 2.34. The molecule has 0 bridgehead atoms. The molecule has 1 saturated carbocycles. The van der Waals surface area contributed by atoms with Gasteiger partial charge in [0.05, 0.1) is 0 Å². The van der Waals surface area contributed by atoms with Gasteiger partial charge in [-0.2, -0.15) is 0 Å². The Morgan fingerprint density at radius 3 is 2.80 bits per heavy atom. The van der Waals surface area contributed by atoms with Crippen LogP contribution in [0, 0.1) is 11.7 Å². The van der Waals surface area contributed by atoms with Crippen molar-refractivity contribution in [3.63, 3.8) is 0 Å². The number of carbonyl (C=O) groups excluding carboxylic acids is 1. The average molecular weight is 293 g/mol. The summed E-state index contributed by atoms with van der Waals surface area (Å²) in [7, 11) is 0. The maximum Gasteiger partial charge on any atom is 0.226 e. The predicted molar refractivity (Wildman–Crippen MR) is 79.9 cm³/mol. The third kappa shape index (κ3) is 2.85. The number of carbonyl (C=O) groups is 1. The smallest absolute Gasteiger partial charge is 0.226 e. The van der Waals surface area contributed by atoms with E-state index in [2.05, 4.69) is 0 Å². The summed E-state index contributed by atoms with van der Waals surface area (Å²) in [5.74, 6) is 1.20. The topological polar surface area (TPSA) is 20.3 Å². The maximum atomic E-state index is 13.4. The Hall–Kier alpha value is -1.03. The van der Waals surface area contributed by atoms with Gasteiger partial charge in [0.1, 0.15) is 11.2 Å². The van der Waals surface area contributed by atoms with E-state index in [-0.39, 0.29) is 23.0 Å². The zero-order valence-electron chi connectivity index (χ0n) is 11.6. The van der Waals surface area contributed by atoms with Gasteiger partial charge in [-0.3, -0.25) is 4.79 Å². The number of amides is 1. The van der Waals surface area contributed by atoms with Crippen molar-refractivity contribution in [1.82, 2.24) is 4.90 Å². The Labute approximate surface area is 123 Å². The number of halogens is 1. The first-order chi connectivity index (χ1) is 9.75. The Bertz CT molecular complexity index is 487. The van der Waals surface area contributed by atoms with E-state index < -0.39 is 0 Å². The van der Waals surface area contributed by atoms with Gasteiger partial charge in [-0.1, -0.05) is 31.4 Å². The van der Waals surface area contributed by atoms with Crippen LogP contribution in [0.3, 0.4) is 0 Å². The monoisotopic (exact) mass is 293 g/mol. The van der Waals surface area contributed by atoms with Crippen LogP contribution in [0.4, 0.5) is 4.39 Å². The van der Waals surface area contributed by atoms with E-state index in [1.807, 2.05) is 11.0 Å². The van der Waals surface area contributed by atoms with Gasteiger partial charge in [0.25, 0.3) is 0 Å². The van der Waals surface area contributed by atoms with Crippen LogP contribution in [-0.2, 0) is 4.79 Å². The second-order valence-corrected chi connectivity index (χ2v) is 6.83. The summed E-state index contributed by atoms with van der Waals surface area (Å²) in [6.07, 6.45) is 5.64. The molecule has 0 aromatic heterocycles. The van der Waals surface area contributed by atoms with E-state index in [1.54, 1.807) is 23.9 Å². The second kappa shape index (κ2) is 6.17. The van der Waals surface area contributed by atoms with Gasteiger partial charge in [0.15, 0.2) is 0 Å². The lowest BCUT2D eigenvalue weighted by Gasteiger charge is -2.30. The van der Waals surface area contributed by atoms with E-state index >= 15 is 0 Å². The zero-order chi connectivity index (χ0) is 13.9. The quantitative estimate of drug-likeness (QED) is 0.822. The van der Waals surface area contributed by atoms with Gasteiger partial charge in [0, 0.05) is 18.2 Å². The highest BCUT2D eigenvalue weighted by molar-refractivity contribution is 7.99. The molecule has 2 fully saturated rings. The summed E-state index contributed by atoms with van der Waals surface area (Å²) in [6, 6.07) is 6.67. The molecule has 1 atom stereocenters. The van der Waals surface area contributed by atoms with E-state index in [9.17, 15) is 9.18 Å². The lowest BCUT2D eigenvalue weighted by atomic mass is 9.88. The van der Waals surface area contributed by atoms with Gasteiger partial charge in [-0.15, -0.1) is 11.8 Å². The van der Waals surface area contributed by atoms with Crippen LogP contribution >= 0.6 is 11.8 Å². The number of thioether (sulfide) groups is 1. The highest BCUT2D eigenvalue weighted by Crippen LogP contribution is 2.40. The van der Waals surface area contributed by atoms with Crippen molar-refractivity contribution in [2.45, 2.75) is 37.5 Å². The Morgan fingerprint density at radius 2 is 2.05 bits per heavy atom. The molecule has 1 heterocycles. The van der Waals surface area contributed by atoms with Crippen LogP contribution < -0.4 is 0 Å². The predicted octanol–water partition coefficient (Wildman–Crippen LogP) is 3.98. The molecule has 2 nitrogen and oxygen atoms in total. The number of benzene rings is 1. The average Bonchev–Trinajstić information content (AvgIpc) is 2.97. The number of hydrogen-bond acceptors (Lipinski definition) is 2. The van der Waals surface area contributed by atoms with Crippen molar-refractivity contribution in [2.24, 2.45) is 5.92 Å². The normalized spacial score (nSPS) is 24.1. The molecule has 4 heteroatoms. The first-order valence-electron chi connectivity index (χ1n) is 7.43. The molecule has 1 aliphatic heterocycles. The van der Waals surface area contributed by atoms with Gasteiger partial charge in [-0.25, -0.2) is 4.39 Å². The Morgan fingerprint density at radius 1 is 1.25 bits per heavy atom. The van der Waals surface area contributed by atoms with E-state index in [1.165, 1.54) is 25.3 Å². The van der Waals surface area contributed by atoms with E-state index in [0.717, 1.165) is 30.7 Å². The van der Waals surface area contributed by atoms with Crippen molar-refractivity contribution >= 4 is 17.7 Å². The molecule has 108 valence electrons. The van der Waals surface area contributed by atoms with Crippen LogP contribution in [0.25, 0.3) is 0 Å². The van der Waals surface area contributed by atoms with Crippen LogP contribution in [0.2, 0.25) is 0 Å². The standard InChI is InChI=1S/C16H20FNOS/c17-14-8-4-7-13(11-14)16-18(9-10-20-16)15(19)12-5-2-1-3-6-12/h4,7-8,11-12,16H,1-3,5-6,9-10H2/t16-/m1/s1. The number of hydrogen-bond donors (Lipinski definition) is 0. The lowest BCUT2D eigenvalue weighted by molar-refractivity contribution is -0.136. The molecule has 2 aliphatic rings. The Kier molecular flexibility index (Phi) is 4.29. The fourth-order valence-electron chi connectivity index (χ4n) is 3.22. The molecule has 0 N–H and O–H groups in total. The SMILES string of the molecule is O=C(C1CCCCC1)N1CCS[C@@H]1c1cccc(F)c1. The minimum absolute atomic E-state index is 0.000117. The molecule has 0 spiro atoms. The van der Waals surface area contributed by atoms with Gasteiger partial charge in [0.2, 0.25) is 5.91 Å². The van der Waals surface area contributed by atoms with Crippen molar-refractivity contribution in [3.8, 4) is 0 Å². The largest absolute Gasteiger partial charge is 0.325 e. The number of nitrogens with zero attached hydrogens (tertiary/aromatic N) is 1. The van der Waals surface area contributed by atoms with Gasteiger partial charge < -0.3 is 4.90 Å². The summed E-state index contributed by atoms with van der Waals surface area (Å²) in [4.78, 5) is 14.7. The lowest BCUT2D eigenvalue weighted by Crippen LogP contribution is -2.36. The second-order valence-electron chi connectivity index (χ2n) is 5.64. The van der Waals surface area contributed by atoms with Crippen LogP contribution in [-0.4, -0.2) is 23.1 Å². The third-order valence-corrected chi connectivity index (χ3v) is 5.52. The molecule has 1 saturated heterocycles. The molecule has 1 aromatic rings. The number of rotatable bonds is 2. The van der Waals surface area contributed by atoms with Crippen molar-refractivity contribution < 1.29 is 9.18 Å². The fourth-order valence-corrected chi connectivity index (χ4v) is 4.47. The Balaban J connectivity index is 1.76. The summed E-state index contributed by atoms with van der Waals surface area (Å²) in [6.45, 7) is 0.793. The summed E-state index contributed by atoms with van der Waals surface area (Å²) in [5, 5.41) is 0.000117. The van der Waals surface area contributed by atoms with Crippen molar-refractivity contribution in [2.75, 3.05) is 12.3 Å². The third-order valence-electron chi connectivity index (χ3n) is 4.26. The molecular weight excluding hydrogens is 273 g/mol. The zero-order valence-corrected chi connectivity index (χ0v) is 12.4. The first kappa shape index (κ1) is 13.9. The van der Waals surface area contributed by atoms with Crippen LogP contribution in [0.1, 0.15) is 43.0 Å². The highest BCUT2D eigenvalue weighted by atomic mass is 32.2. The van der Waals surface area contributed by atoms with Crippen LogP contribution in [0.15, 0.2) is 24.3 Å². The van der Waals surface area contributed by atoms with Crippen molar-refractivity contribution in [1.29, 1.82) is 0 Å². The van der Waals surface area contributed by atoms with Gasteiger partial charge >= 0.3 is 0 Å². The summed E-state index contributed by atoms with van der Waals surface area (Å²) < 4.78 is 13.4. The summed E-state index contributed by atoms with van der Waals surface area (Å²) in [5.41, 5.74) is 0.914. The molecule has 0 unspecified atom stereocenters. The van der Waals surface area contributed by atoms with Gasteiger partial charge in [-0.05, 0) is 30.5 Å².